The van der Waals surface area contributed by atoms with Crippen LogP contribution in [0.1, 0.15) is 48.1 Å². The molecular weight excluding hydrogens is 264 g/mol. The average Bonchev–Trinajstić information content (AvgIpc) is 3.16. The van der Waals surface area contributed by atoms with Gasteiger partial charge in [0.15, 0.2) is 0 Å². The highest BCUT2D eigenvalue weighted by Crippen LogP contribution is 2.47. The summed E-state index contributed by atoms with van der Waals surface area (Å²) in [4.78, 5) is 6.13. The molecule has 3 rings (SSSR count). The fourth-order valence-corrected chi connectivity index (χ4v) is 4.37. The van der Waals surface area contributed by atoms with Gasteiger partial charge < -0.3 is 5.32 Å². The van der Waals surface area contributed by atoms with Gasteiger partial charge in [0.05, 0.1) is 0 Å². The van der Waals surface area contributed by atoms with E-state index in [-0.39, 0.29) is 5.41 Å². The first-order valence-corrected chi connectivity index (χ1v) is 8.38. The quantitative estimate of drug-likeness (QED) is 0.894. The van der Waals surface area contributed by atoms with Crippen LogP contribution >= 0.6 is 11.3 Å². The molecule has 1 aromatic heterocycles. The molecule has 1 saturated carbocycles. The molecule has 0 bridgehead atoms. The number of hydrogen-bond acceptors (Lipinski definition) is 3. The van der Waals surface area contributed by atoms with Gasteiger partial charge in [0.1, 0.15) is 5.01 Å². The van der Waals surface area contributed by atoms with Crippen LogP contribution in [0.4, 0.5) is 0 Å². The summed E-state index contributed by atoms with van der Waals surface area (Å²) in [5.41, 5.74) is 1.62. The lowest BCUT2D eigenvalue weighted by Crippen LogP contribution is -2.23. The van der Waals surface area contributed by atoms with Crippen LogP contribution in [-0.4, -0.2) is 11.5 Å². The third-order valence-electron chi connectivity index (χ3n) is 4.30. The predicted octanol–water partition coefficient (Wildman–Crippen LogP) is 4.11. The van der Waals surface area contributed by atoms with Crippen molar-refractivity contribution >= 4 is 11.3 Å². The standard InChI is InChI=1S/C17H22N2S/c1-2-18-12-15-13-19-16(20-15)17(10-6-7-11-17)14-8-4-3-5-9-14/h3-5,8-9,13,18H,2,6-7,10-12H2,1H3. The minimum Gasteiger partial charge on any atom is -0.312 e. The summed E-state index contributed by atoms with van der Waals surface area (Å²) in [5, 5.41) is 4.71. The van der Waals surface area contributed by atoms with Crippen molar-refractivity contribution in [3.63, 3.8) is 0 Å². The van der Waals surface area contributed by atoms with Gasteiger partial charge >= 0.3 is 0 Å². The van der Waals surface area contributed by atoms with E-state index in [1.807, 2.05) is 11.3 Å². The van der Waals surface area contributed by atoms with Crippen LogP contribution in [0, 0.1) is 0 Å². The van der Waals surface area contributed by atoms with Crippen molar-refractivity contribution in [2.45, 2.75) is 44.6 Å². The molecule has 0 spiro atoms. The highest BCUT2D eigenvalue weighted by Gasteiger charge is 2.39. The van der Waals surface area contributed by atoms with Crippen LogP contribution in [0.2, 0.25) is 0 Å². The number of hydrogen-bond donors (Lipinski definition) is 1. The molecule has 1 aliphatic rings. The first-order valence-electron chi connectivity index (χ1n) is 7.56. The Bertz CT molecular complexity index is 541. The Hall–Kier alpha value is -1.19. The second-order valence-electron chi connectivity index (χ2n) is 5.57. The maximum Gasteiger partial charge on any atom is 0.103 e. The molecule has 0 amide bonds. The zero-order valence-corrected chi connectivity index (χ0v) is 12.9. The molecule has 1 N–H and O–H groups in total. The van der Waals surface area contributed by atoms with Gasteiger partial charge in [0.2, 0.25) is 0 Å². The number of nitrogens with zero attached hydrogens (tertiary/aromatic N) is 1. The van der Waals surface area contributed by atoms with Crippen molar-refractivity contribution in [1.29, 1.82) is 0 Å². The monoisotopic (exact) mass is 286 g/mol. The van der Waals surface area contributed by atoms with E-state index in [9.17, 15) is 0 Å². The number of nitrogens with one attached hydrogen (secondary N) is 1. The van der Waals surface area contributed by atoms with Crippen molar-refractivity contribution in [3.8, 4) is 0 Å². The Kier molecular flexibility index (Phi) is 4.18. The highest BCUT2D eigenvalue weighted by molar-refractivity contribution is 7.11. The van der Waals surface area contributed by atoms with Gasteiger partial charge in [-0.1, -0.05) is 50.1 Å². The molecule has 106 valence electrons. The molecule has 0 aliphatic heterocycles. The largest absolute Gasteiger partial charge is 0.312 e. The van der Waals surface area contributed by atoms with Gasteiger partial charge in [-0.15, -0.1) is 11.3 Å². The minimum atomic E-state index is 0.177. The molecule has 0 unspecified atom stereocenters. The van der Waals surface area contributed by atoms with E-state index in [1.165, 1.54) is 41.1 Å². The first kappa shape index (κ1) is 13.8. The van der Waals surface area contributed by atoms with Crippen molar-refractivity contribution in [3.05, 3.63) is 52.0 Å². The molecule has 0 atom stereocenters. The van der Waals surface area contributed by atoms with E-state index in [4.69, 9.17) is 4.98 Å². The summed E-state index contributed by atoms with van der Waals surface area (Å²) in [6, 6.07) is 11.0. The van der Waals surface area contributed by atoms with Gasteiger partial charge in [-0.25, -0.2) is 4.98 Å². The summed E-state index contributed by atoms with van der Waals surface area (Å²) in [6.45, 7) is 4.10. The van der Waals surface area contributed by atoms with Crippen LogP contribution in [0.5, 0.6) is 0 Å². The molecule has 1 aliphatic carbocycles. The number of thiazole rings is 1. The zero-order valence-electron chi connectivity index (χ0n) is 12.1. The molecule has 20 heavy (non-hydrogen) atoms. The topological polar surface area (TPSA) is 24.9 Å². The lowest BCUT2D eigenvalue weighted by Gasteiger charge is -2.27. The van der Waals surface area contributed by atoms with Gasteiger partial charge in [-0.05, 0) is 24.9 Å². The van der Waals surface area contributed by atoms with E-state index in [1.54, 1.807) is 0 Å². The lowest BCUT2D eigenvalue weighted by atomic mass is 9.79. The smallest absolute Gasteiger partial charge is 0.103 e. The van der Waals surface area contributed by atoms with Gasteiger partial charge in [-0.2, -0.15) is 0 Å². The van der Waals surface area contributed by atoms with E-state index in [0.717, 1.165) is 13.1 Å². The Morgan fingerprint density at radius 1 is 1.20 bits per heavy atom. The molecule has 2 nitrogen and oxygen atoms in total. The number of benzene rings is 1. The van der Waals surface area contributed by atoms with Crippen molar-refractivity contribution in [2.24, 2.45) is 0 Å². The Balaban J connectivity index is 1.93. The SMILES string of the molecule is CCNCc1cnc(C2(c3ccccc3)CCCC2)s1. The molecule has 1 fully saturated rings. The van der Waals surface area contributed by atoms with Crippen LogP contribution in [0.3, 0.4) is 0 Å². The normalized spacial score (nSPS) is 17.4. The fourth-order valence-electron chi connectivity index (χ4n) is 3.22. The number of aromatic nitrogens is 1. The van der Waals surface area contributed by atoms with E-state index in [0.29, 0.717) is 0 Å². The first-order chi connectivity index (χ1) is 9.85. The lowest BCUT2D eigenvalue weighted by molar-refractivity contribution is 0.532. The summed E-state index contributed by atoms with van der Waals surface area (Å²) >= 11 is 1.89. The maximum atomic E-state index is 4.78. The zero-order chi connectivity index (χ0) is 13.8. The molecule has 0 radical (unpaired) electrons. The van der Waals surface area contributed by atoms with Gasteiger partial charge in [0.25, 0.3) is 0 Å². The summed E-state index contributed by atoms with van der Waals surface area (Å²) in [5.74, 6) is 0. The molecule has 2 aromatic rings. The fraction of sp³-hybridized carbons (Fsp3) is 0.471. The van der Waals surface area contributed by atoms with Crippen LogP contribution < -0.4 is 5.32 Å². The predicted molar refractivity (Wildman–Crippen MR) is 85.2 cm³/mol. The van der Waals surface area contributed by atoms with Gasteiger partial charge in [0, 0.05) is 23.0 Å². The van der Waals surface area contributed by atoms with Crippen molar-refractivity contribution < 1.29 is 0 Å². The maximum absolute atomic E-state index is 4.78. The van der Waals surface area contributed by atoms with E-state index < -0.39 is 0 Å². The number of rotatable bonds is 5. The summed E-state index contributed by atoms with van der Waals surface area (Å²) in [7, 11) is 0. The van der Waals surface area contributed by atoms with E-state index in [2.05, 4.69) is 48.8 Å². The average molecular weight is 286 g/mol. The Labute approximate surface area is 125 Å². The highest BCUT2D eigenvalue weighted by atomic mass is 32.1. The third-order valence-corrected chi connectivity index (χ3v) is 5.50. The van der Waals surface area contributed by atoms with E-state index >= 15 is 0 Å². The van der Waals surface area contributed by atoms with Crippen LogP contribution in [0.25, 0.3) is 0 Å². The second-order valence-corrected chi connectivity index (χ2v) is 6.68. The summed E-state index contributed by atoms with van der Waals surface area (Å²) in [6.07, 6.45) is 7.18. The molecule has 3 heteroatoms. The third kappa shape index (κ3) is 2.52. The molecule has 1 aromatic carbocycles. The Morgan fingerprint density at radius 2 is 1.95 bits per heavy atom. The molecular formula is C17H22N2S. The van der Waals surface area contributed by atoms with Gasteiger partial charge in [-0.3, -0.25) is 0 Å². The molecule has 1 heterocycles. The molecule has 0 saturated heterocycles. The minimum absolute atomic E-state index is 0.177. The van der Waals surface area contributed by atoms with Crippen molar-refractivity contribution in [2.75, 3.05) is 6.54 Å². The van der Waals surface area contributed by atoms with Crippen LogP contribution in [-0.2, 0) is 12.0 Å². The van der Waals surface area contributed by atoms with Crippen LogP contribution in [0.15, 0.2) is 36.5 Å². The Morgan fingerprint density at radius 3 is 2.65 bits per heavy atom. The summed E-state index contributed by atoms with van der Waals surface area (Å²) < 4.78 is 0. The second kappa shape index (κ2) is 6.06. The van der Waals surface area contributed by atoms with Crippen molar-refractivity contribution in [1.82, 2.24) is 10.3 Å².